The molecule has 5 aromatic carbocycles. The van der Waals surface area contributed by atoms with Crippen LogP contribution in [0.5, 0.6) is 0 Å². The van der Waals surface area contributed by atoms with Crippen molar-refractivity contribution in [3.63, 3.8) is 0 Å². The Bertz CT molecular complexity index is 1950. The number of rotatable bonds is 3. The number of benzene rings is 5. The summed E-state index contributed by atoms with van der Waals surface area (Å²) in [6.45, 7) is 4.79. The Labute approximate surface area is 241 Å². The Kier molecular flexibility index (Phi) is 5.33. The highest BCUT2D eigenvalue weighted by molar-refractivity contribution is 6.09. The van der Waals surface area contributed by atoms with Crippen LogP contribution >= 0.6 is 0 Å². The highest BCUT2D eigenvalue weighted by Crippen LogP contribution is 2.52. The van der Waals surface area contributed by atoms with Crippen LogP contribution in [0.4, 0.5) is 11.4 Å². The van der Waals surface area contributed by atoms with E-state index in [1.807, 2.05) is 0 Å². The van der Waals surface area contributed by atoms with Crippen molar-refractivity contribution >= 4 is 33.2 Å². The number of nitrogens with zero attached hydrogens (tertiary/aromatic N) is 2. The topological polar surface area (TPSA) is 8.17 Å². The lowest BCUT2D eigenvalue weighted by Crippen LogP contribution is -2.49. The summed E-state index contributed by atoms with van der Waals surface area (Å²) >= 11 is 0. The van der Waals surface area contributed by atoms with Gasteiger partial charge in [0.15, 0.2) is 0 Å². The highest BCUT2D eigenvalue weighted by atomic mass is 15.2. The van der Waals surface area contributed by atoms with Gasteiger partial charge < -0.3 is 9.47 Å². The Morgan fingerprint density at radius 2 is 1.22 bits per heavy atom. The first-order valence-electron chi connectivity index (χ1n) is 14.5. The zero-order valence-corrected chi connectivity index (χ0v) is 23.4. The summed E-state index contributed by atoms with van der Waals surface area (Å²) in [6, 6.07) is 44.6. The molecule has 2 nitrogen and oxygen atoms in total. The summed E-state index contributed by atoms with van der Waals surface area (Å²) in [4.78, 5) is 2.58. The molecule has 41 heavy (non-hydrogen) atoms. The van der Waals surface area contributed by atoms with Crippen molar-refractivity contribution in [1.82, 2.24) is 4.57 Å². The Balaban J connectivity index is 1.33. The third-order valence-corrected chi connectivity index (χ3v) is 9.25. The van der Waals surface area contributed by atoms with Gasteiger partial charge in [0, 0.05) is 44.7 Å². The minimum atomic E-state index is 0.0322. The Hall–Kier alpha value is -4.82. The normalized spacial score (nSPS) is 18.9. The van der Waals surface area contributed by atoms with Crippen LogP contribution in [-0.2, 0) is 5.41 Å². The zero-order chi connectivity index (χ0) is 27.6. The standard InChI is InChI=1S/C39H32N2/c1-39(2)32-19-6-11-24-37(32)41(38-25-12-7-20-33(38)39)34-21-8-3-16-29(34)27-14-13-15-28(26-27)40-35-22-9-4-17-30(35)31-18-5-10-23-36(31)40/h3-26,32,37H,1-2H3. The molecule has 0 saturated heterocycles. The summed E-state index contributed by atoms with van der Waals surface area (Å²) in [5.74, 6) is 0.374. The SMILES string of the molecule is CC1(C)c2ccccc2N(c2ccccc2-c2cccc(-n3c4ccccc4c4ccccc43)c2)C2C=CC=CC21. The van der Waals surface area contributed by atoms with Gasteiger partial charge in [-0.2, -0.15) is 0 Å². The van der Waals surface area contributed by atoms with E-state index < -0.39 is 0 Å². The number of anilines is 2. The van der Waals surface area contributed by atoms with Crippen molar-refractivity contribution in [2.24, 2.45) is 5.92 Å². The monoisotopic (exact) mass is 528 g/mol. The lowest BCUT2D eigenvalue weighted by atomic mass is 9.65. The summed E-state index contributed by atoms with van der Waals surface area (Å²) in [6.07, 6.45) is 9.21. The second-order valence-electron chi connectivity index (χ2n) is 11.8. The van der Waals surface area contributed by atoms with E-state index in [1.54, 1.807) is 0 Å². The maximum absolute atomic E-state index is 2.58. The van der Waals surface area contributed by atoms with Crippen molar-refractivity contribution in [2.75, 3.05) is 4.90 Å². The van der Waals surface area contributed by atoms with Crippen LogP contribution in [-0.4, -0.2) is 10.6 Å². The Morgan fingerprint density at radius 3 is 2.00 bits per heavy atom. The molecule has 0 amide bonds. The highest BCUT2D eigenvalue weighted by Gasteiger charge is 2.45. The average molecular weight is 529 g/mol. The molecule has 198 valence electrons. The summed E-state index contributed by atoms with van der Waals surface area (Å²) in [5, 5.41) is 2.56. The maximum Gasteiger partial charge on any atom is 0.0596 e. The first-order chi connectivity index (χ1) is 20.1. The summed E-state index contributed by atoms with van der Waals surface area (Å²) in [5.41, 5.74) is 10.1. The third-order valence-electron chi connectivity index (χ3n) is 9.25. The Morgan fingerprint density at radius 1 is 0.585 bits per heavy atom. The molecule has 6 aromatic rings. The molecule has 0 bridgehead atoms. The molecule has 0 fully saturated rings. The molecule has 0 saturated carbocycles. The number of hydrogen-bond donors (Lipinski definition) is 0. The smallest absolute Gasteiger partial charge is 0.0596 e. The van der Waals surface area contributed by atoms with E-state index in [0.717, 1.165) is 0 Å². The summed E-state index contributed by atoms with van der Waals surface area (Å²) in [7, 11) is 0. The van der Waals surface area contributed by atoms with Crippen molar-refractivity contribution in [2.45, 2.75) is 25.3 Å². The van der Waals surface area contributed by atoms with Crippen molar-refractivity contribution < 1.29 is 0 Å². The third kappa shape index (κ3) is 3.57. The van der Waals surface area contributed by atoms with Crippen molar-refractivity contribution in [1.29, 1.82) is 0 Å². The second-order valence-corrected chi connectivity index (χ2v) is 11.8. The summed E-state index contributed by atoms with van der Waals surface area (Å²) < 4.78 is 2.40. The molecular formula is C39H32N2. The van der Waals surface area contributed by atoms with Gasteiger partial charge in [0.2, 0.25) is 0 Å². The minimum Gasteiger partial charge on any atom is -0.333 e. The molecule has 0 spiro atoms. The molecule has 8 rings (SSSR count). The van der Waals surface area contributed by atoms with Crippen LogP contribution in [0.2, 0.25) is 0 Å². The minimum absolute atomic E-state index is 0.0322. The first kappa shape index (κ1) is 24.0. The van der Waals surface area contributed by atoms with Gasteiger partial charge >= 0.3 is 0 Å². The number of hydrogen-bond acceptors (Lipinski definition) is 1. The number of fused-ring (bicyclic) bond motifs is 5. The van der Waals surface area contributed by atoms with Crippen molar-refractivity contribution in [3.8, 4) is 16.8 Å². The fourth-order valence-electron chi connectivity index (χ4n) is 7.31. The molecule has 2 unspecified atom stereocenters. The molecule has 2 aliphatic rings. The molecule has 1 aromatic heterocycles. The van der Waals surface area contributed by atoms with Gasteiger partial charge in [-0.1, -0.05) is 123 Å². The lowest BCUT2D eigenvalue weighted by molar-refractivity contribution is 0.332. The van der Waals surface area contributed by atoms with Crippen LogP contribution in [0, 0.1) is 5.92 Å². The van der Waals surface area contributed by atoms with Gasteiger partial charge in [0.25, 0.3) is 0 Å². The van der Waals surface area contributed by atoms with Gasteiger partial charge in [-0.05, 0) is 47.5 Å². The van der Waals surface area contributed by atoms with Crippen LogP contribution in [0.25, 0.3) is 38.6 Å². The van der Waals surface area contributed by atoms with E-state index in [1.165, 1.54) is 55.6 Å². The fraction of sp³-hybridized carbons (Fsp3) is 0.128. The molecule has 1 aliphatic heterocycles. The molecule has 1 aliphatic carbocycles. The average Bonchev–Trinajstić information content (AvgIpc) is 3.36. The predicted molar refractivity (Wildman–Crippen MR) is 173 cm³/mol. The van der Waals surface area contributed by atoms with E-state index in [9.17, 15) is 0 Å². The number of para-hydroxylation sites is 4. The largest absolute Gasteiger partial charge is 0.333 e. The maximum atomic E-state index is 2.58. The molecule has 2 heteroatoms. The van der Waals surface area contributed by atoms with Crippen LogP contribution in [0.1, 0.15) is 19.4 Å². The molecule has 0 radical (unpaired) electrons. The van der Waals surface area contributed by atoms with E-state index in [4.69, 9.17) is 0 Å². The second kappa shape index (κ2) is 9.11. The number of aromatic nitrogens is 1. The molecular weight excluding hydrogens is 496 g/mol. The van der Waals surface area contributed by atoms with E-state index in [2.05, 4.69) is 169 Å². The fourth-order valence-corrected chi connectivity index (χ4v) is 7.31. The molecule has 2 atom stereocenters. The van der Waals surface area contributed by atoms with Gasteiger partial charge in [0.1, 0.15) is 0 Å². The lowest BCUT2D eigenvalue weighted by Gasteiger charge is -2.51. The quantitative estimate of drug-likeness (QED) is 0.222. The van der Waals surface area contributed by atoms with E-state index in [0.29, 0.717) is 5.92 Å². The van der Waals surface area contributed by atoms with Crippen LogP contribution in [0.3, 0.4) is 0 Å². The zero-order valence-electron chi connectivity index (χ0n) is 23.4. The molecule has 2 heterocycles. The molecule has 0 N–H and O–H groups in total. The first-order valence-corrected chi connectivity index (χ1v) is 14.5. The van der Waals surface area contributed by atoms with Gasteiger partial charge in [-0.25, -0.2) is 0 Å². The van der Waals surface area contributed by atoms with Crippen LogP contribution in [0.15, 0.2) is 146 Å². The van der Waals surface area contributed by atoms with Gasteiger partial charge in [-0.15, -0.1) is 0 Å². The predicted octanol–water partition coefficient (Wildman–Crippen LogP) is 9.99. The van der Waals surface area contributed by atoms with Gasteiger partial charge in [0.05, 0.1) is 17.1 Å². The van der Waals surface area contributed by atoms with E-state index in [-0.39, 0.29) is 11.5 Å². The van der Waals surface area contributed by atoms with Crippen LogP contribution < -0.4 is 4.90 Å². The van der Waals surface area contributed by atoms with Crippen molar-refractivity contribution in [3.05, 3.63) is 151 Å². The number of allylic oxidation sites excluding steroid dienone is 2. The van der Waals surface area contributed by atoms with Gasteiger partial charge in [-0.3, -0.25) is 0 Å². The van der Waals surface area contributed by atoms with E-state index >= 15 is 0 Å².